The number of hydrogen-bond donors (Lipinski definition) is 2. The summed E-state index contributed by atoms with van der Waals surface area (Å²) < 4.78 is 5.43. The molecule has 1 fully saturated rings. The fraction of sp³-hybridized carbons (Fsp3) is 0.400. The van der Waals surface area contributed by atoms with Gasteiger partial charge in [0.05, 0.1) is 30.3 Å². The van der Waals surface area contributed by atoms with Gasteiger partial charge in [-0.25, -0.2) is 0 Å². The van der Waals surface area contributed by atoms with Crippen LogP contribution in [0.3, 0.4) is 0 Å². The van der Waals surface area contributed by atoms with Gasteiger partial charge < -0.3 is 19.9 Å². The zero-order valence-electron chi connectivity index (χ0n) is 17.5. The number of aromatic nitrogens is 1. The van der Waals surface area contributed by atoms with Crippen molar-refractivity contribution in [3.8, 4) is 0 Å². The number of H-pyrrole nitrogens is 1. The number of rotatable bonds is 4. The molecule has 2 aromatic carbocycles. The summed E-state index contributed by atoms with van der Waals surface area (Å²) in [6.07, 6.45) is 4.63. The van der Waals surface area contributed by atoms with Gasteiger partial charge in [-0.1, -0.05) is 24.3 Å². The number of fused-ring (bicyclic) bond motifs is 3. The largest absolute Gasteiger partial charge is 0.378 e. The molecular weight excluding hydrogens is 374 g/mol. The number of nitrogens with one attached hydrogen (secondary N) is 2. The minimum Gasteiger partial charge on any atom is -0.378 e. The number of anilines is 1. The first-order chi connectivity index (χ1) is 14.7. The van der Waals surface area contributed by atoms with Crippen molar-refractivity contribution in [2.75, 3.05) is 31.2 Å². The van der Waals surface area contributed by atoms with Gasteiger partial charge in [0, 0.05) is 29.9 Å². The highest BCUT2D eigenvalue weighted by molar-refractivity contribution is 6.07. The van der Waals surface area contributed by atoms with Crippen LogP contribution in [0, 0.1) is 0 Å². The van der Waals surface area contributed by atoms with E-state index >= 15 is 0 Å². The number of ether oxygens (including phenoxy) is 1. The topological polar surface area (TPSA) is 57.4 Å². The molecule has 5 rings (SSSR count). The third-order valence-electron chi connectivity index (χ3n) is 6.49. The molecule has 156 valence electrons. The monoisotopic (exact) mass is 403 g/mol. The summed E-state index contributed by atoms with van der Waals surface area (Å²) in [7, 11) is 0. The lowest BCUT2D eigenvalue weighted by atomic mass is 9.95. The molecule has 1 aliphatic carbocycles. The molecule has 1 aromatic heterocycles. The molecule has 5 nitrogen and oxygen atoms in total. The average Bonchev–Trinajstić information content (AvgIpc) is 3.18. The first-order valence-electron chi connectivity index (χ1n) is 11.1. The molecule has 3 aromatic rings. The molecule has 2 aliphatic rings. The number of para-hydroxylation sites is 1. The van der Waals surface area contributed by atoms with Crippen molar-refractivity contribution in [1.29, 1.82) is 0 Å². The fourth-order valence-corrected chi connectivity index (χ4v) is 4.77. The Labute approximate surface area is 177 Å². The number of nitrogens with zero attached hydrogens (tertiary/aromatic N) is 1. The lowest BCUT2D eigenvalue weighted by Crippen LogP contribution is -2.36. The summed E-state index contributed by atoms with van der Waals surface area (Å²) in [5.74, 6) is -0.0241. The van der Waals surface area contributed by atoms with Gasteiger partial charge in [0.2, 0.25) is 0 Å². The zero-order valence-corrected chi connectivity index (χ0v) is 17.5. The quantitative estimate of drug-likeness (QED) is 0.680. The maximum Gasteiger partial charge on any atom is 0.253 e. The minimum absolute atomic E-state index is 0.0241. The molecule has 5 heteroatoms. The van der Waals surface area contributed by atoms with Crippen molar-refractivity contribution in [2.24, 2.45) is 0 Å². The lowest BCUT2D eigenvalue weighted by molar-refractivity contribution is 0.0941. The Bertz CT molecular complexity index is 1050. The van der Waals surface area contributed by atoms with E-state index in [1.54, 1.807) is 0 Å². The Balaban J connectivity index is 1.33. The number of amides is 1. The number of benzene rings is 2. The first-order valence-corrected chi connectivity index (χ1v) is 11.1. The maximum atomic E-state index is 13.1. The van der Waals surface area contributed by atoms with Crippen molar-refractivity contribution in [3.63, 3.8) is 0 Å². The molecule has 1 unspecified atom stereocenters. The van der Waals surface area contributed by atoms with E-state index in [2.05, 4.69) is 45.5 Å². The molecule has 0 saturated carbocycles. The van der Waals surface area contributed by atoms with Gasteiger partial charge in [-0.15, -0.1) is 0 Å². The Morgan fingerprint density at radius 2 is 1.83 bits per heavy atom. The molecular formula is C25H29N3O2. The second-order valence-corrected chi connectivity index (χ2v) is 8.40. The molecule has 0 radical (unpaired) electrons. The highest BCUT2D eigenvalue weighted by Crippen LogP contribution is 2.31. The summed E-state index contributed by atoms with van der Waals surface area (Å²) in [6.45, 7) is 5.46. The molecule has 30 heavy (non-hydrogen) atoms. The lowest BCUT2D eigenvalue weighted by Gasteiger charge is -2.29. The molecule has 0 spiro atoms. The van der Waals surface area contributed by atoms with Crippen LogP contribution in [0.2, 0.25) is 0 Å². The molecule has 2 heterocycles. The van der Waals surface area contributed by atoms with Gasteiger partial charge in [0.15, 0.2) is 0 Å². The predicted octanol–water partition coefficient (Wildman–Crippen LogP) is 4.37. The van der Waals surface area contributed by atoms with Crippen LogP contribution in [0.5, 0.6) is 0 Å². The Kier molecular flexibility index (Phi) is 5.21. The summed E-state index contributed by atoms with van der Waals surface area (Å²) in [6, 6.07) is 14.5. The van der Waals surface area contributed by atoms with Crippen LogP contribution in [0.4, 0.5) is 5.69 Å². The van der Waals surface area contributed by atoms with Crippen LogP contribution in [0.25, 0.3) is 10.9 Å². The van der Waals surface area contributed by atoms with Crippen molar-refractivity contribution >= 4 is 22.5 Å². The Morgan fingerprint density at radius 3 is 2.63 bits per heavy atom. The van der Waals surface area contributed by atoms with Crippen LogP contribution >= 0.6 is 0 Å². The zero-order chi connectivity index (χ0) is 20.5. The van der Waals surface area contributed by atoms with E-state index in [0.29, 0.717) is 0 Å². The number of morpholine rings is 1. The minimum atomic E-state index is -0.0592. The molecule has 1 atom stereocenters. The van der Waals surface area contributed by atoms with E-state index < -0.39 is 0 Å². The molecule has 2 N–H and O–H groups in total. The number of aromatic amines is 1. The Morgan fingerprint density at radius 1 is 1.07 bits per heavy atom. The molecule has 1 amide bonds. The standard InChI is InChI=1S/C25H29N3O2/c1-17(18-9-11-19(12-10-18)28-13-15-30-16-14-28)26-25(29)22-7-4-6-21-20-5-2-3-8-23(20)27-24(21)22/h4,6-7,9-12,17,27H,2-3,5,8,13-16H2,1H3,(H,26,29). The van der Waals surface area contributed by atoms with Gasteiger partial charge in [-0.3, -0.25) is 4.79 Å². The summed E-state index contributed by atoms with van der Waals surface area (Å²) >= 11 is 0. The average molecular weight is 404 g/mol. The number of hydrogen-bond acceptors (Lipinski definition) is 3. The number of carbonyl (C=O) groups excluding carboxylic acids is 1. The highest BCUT2D eigenvalue weighted by atomic mass is 16.5. The van der Waals surface area contributed by atoms with Gasteiger partial charge in [-0.2, -0.15) is 0 Å². The smallest absolute Gasteiger partial charge is 0.253 e. The van der Waals surface area contributed by atoms with E-state index in [1.165, 1.54) is 35.2 Å². The van der Waals surface area contributed by atoms with E-state index in [1.807, 2.05) is 19.1 Å². The number of carbonyl (C=O) groups is 1. The van der Waals surface area contributed by atoms with Crippen LogP contribution in [0.1, 0.15) is 53.0 Å². The van der Waals surface area contributed by atoms with Gasteiger partial charge in [-0.05, 0) is 61.9 Å². The van der Waals surface area contributed by atoms with Crippen LogP contribution in [-0.4, -0.2) is 37.2 Å². The maximum absolute atomic E-state index is 13.1. The molecule has 0 bridgehead atoms. The summed E-state index contributed by atoms with van der Waals surface area (Å²) in [4.78, 5) is 19.0. The van der Waals surface area contributed by atoms with Crippen LogP contribution < -0.4 is 10.2 Å². The SMILES string of the molecule is CC(NC(=O)c1cccc2c3c([nH]c12)CCCC3)c1ccc(N2CCOCC2)cc1. The third kappa shape index (κ3) is 3.58. The summed E-state index contributed by atoms with van der Waals surface area (Å²) in [5.41, 5.74) is 6.75. The van der Waals surface area contributed by atoms with Crippen molar-refractivity contribution in [2.45, 2.75) is 38.6 Å². The molecule has 1 aliphatic heterocycles. The first kappa shape index (κ1) is 19.2. The number of aryl methyl sites for hydroxylation is 2. The third-order valence-corrected chi connectivity index (χ3v) is 6.49. The van der Waals surface area contributed by atoms with E-state index in [-0.39, 0.29) is 11.9 Å². The van der Waals surface area contributed by atoms with Gasteiger partial charge >= 0.3 is 0 Å². The van der Waals surface area contributed by atoms with Crippen molar-refractivity contribution in [1.82, 2.24) is 10.3 Å². The highest BCUT2D eigenvalue weighted by Gasteiger charge is 2.20. The Hall–Kier alpha value is -2.79. The van der Waals surface area contributed by atoms with Crippen LogP contribution in [-0.2, 0) is 17.6 Å². The molecule has 1 saturated heterocycles. The van der Waals surface area contributed by atoms with E-state index in [9.17, 15) is 4.79 Å². The second kappa shape index (κ2) is 8.15. The van der Waals surface area contributed by atoms with Crippen molar-refractivity contribution < 1.29 is 9.53 Å². The van der Waals surface area contributed by atoms with Gasteiger partial charge in [0.25, 0.3) is 5.91 Å². The fourth-order valence-electron chi connectivity index (χ4n) is 4.77. The van der Waals surface area contributed by atoms with Gasteiger partial charge in [0.1, 0.15) is 0 Å². The van der Waals surface area contributed by atoms with Crippen LogP contribution in [0.15, 0.2) is 42.5 Å². The summed E-state index contributed by atoms with van der Waals surface area (Å²) in [5, 5.41) is 4.40. The van der Waals surface area contributed by atoms with E-state index in [0.717, 1.165) is 55.8 Å². The normalized spacial score (nSPS) is 17.6. The van der Waals surface area contributed by atoms with Crippen molar-refractivity contribution in [3.05, 3.63) is 64.8 Å². The van der Waals surface area contributed by atoms with E-state index in [4.69, 9.17) is 4.74 Å². The predicted molar refractivity (Wildman–Crippen MR) is 120 cm³/mol. The second-order valence-electron chi connectivity index (χ2n) is 8.40.